The van der Waals surface area contributed by atoms with E-state index in [0.717, 1.165) is 6.54 Å². The van der Waals surface area contributed by atoms with E-state index < -0.39 is 0 Å². The summed E-state index contributed by atoms with van der Waals surface area (Å²) in [5.41, 5.74) is 1.26. The summed E-state index contributed by atoms with van der Waals surface area (Å²) in [6, 6.07) is 8.47. The Balaban J connectivity index is 2.01. The molecule has 0 bridgehead atoms. The van der Waals surface area contributed by atoms with Gasteiger partial charge in [0, 0.05) is 0 Å². The number of nitrogens with zero attached hydrogens (tertiary/aromatic N) is 2. The summed E-state index contributed by atoms with van der Waals surface area (Å²) >= 11 is 6.87. The molecule has 0 saturated carbocycles. The summed E-state index contributed by atoms with van der Waals surface area (Å²) in [5, 5.41) is 0. The van der Waals surface area contributed by atoms with Crippen molar-refractivity contribution in [3.63, 3.8) is 0 Å². The third-order valence-corrected chi connectivity index (χ3v) is 7.68. The molecule has 1 saturated heterocycles. The molecule has 132 valence electrons. The Bertz CT molecular complexity index is 776. The number of fused-ring (bicyclic) bond motifs is 1. The first-order chi connectivity index (χ1) is 12.1. The fourth-order valence-corrected chi connectivity index (χ4v) is 6.55. The summed E-state index contributed by atoms with van der Waals surface area (Å²) in [6.07, 6.45) is 2.04. The van der Waals surface area contributed by atoms with Crippen molar-refractivity contribution in [2.24, 2.45) is 0 Å². The van der Waals surface area contributed by atoms with Crippen LogP contribution in [0.4, 0.5) is 5.69 Å². The van der Waals surface area contributed by atoms with Gasteiger partial charge in [-0.25, -0.2) is 0 Å². The van der Waals surface area contributed by atoms with Gasteiger partial charge >= 0.3 is 165 Å². The van der Waals surface area contributed by atoms with Gasteiger partial charge in [0.1, 0.15) is 0 Å². The number of anilines is 1. The number of thiocarbonyl (C=S) groups is 1. The average molecular weight is 439 g/mol. The number of carbonyl (C=O) groups is 1. The zero-order valence-corrected chi connectivity index (χ0v) is 17.8. The zero-order chi connectivity index (χ0) is 18.0. The molecule has 1 aromatic rings. The number of likely N-dealkylation sites (N-methyl/N-ethyl adjacent to an activating group) is 1. The molecule has 0 atom stereocenters. The first-order valence-corrected chi connectivity index (χ1v) is 11.2. The number of para-hydroxylation sites is 1. The molecule has 1 aromatic carbocycles. The van der Waals surface area contributed by atoms with Crippen LogP contribution >= 0.6 is 24.0 Å². The van der Waals surface area contributed by atoms with Gasteiger partial charge in [0.2, 0.25) is 0 Å². The third kappa shape index (κ3) is 3.51. The number of thioether (sulfide) groups is 1. The predicted octanol–water partition coefficient (Wildman–Crippen LogP) is 2.83. The summed E-state index contributed by atoms with van der Waals surface area (Å²) in [6.45, 7) is 8.00. The molecule has 25 heavy (non-hydrogen) atoms. The Morgan fingerprint density at radius 2 is 1.96 bits per heavy atom. The predicted molar refractivity (Wildman–Crippen MR) is 109 cm³/mol. The van der Waals surface area contributed by atoms with Crippen LogP contribution in [-0.2, 0) is 9.53 Å². The van der Waals surface area contributed by atoms with E-state index in [4.69, 9.17) is 17.0 Å². The summed E-state index contributed by atoms with van der Waals surface area (Å²) in [7, 11) is 0. The minimum absolute atomic E-state index is 0.0520. The van der Waals surface area contributed by atoms with Crippen molar-refractivity contribution in [2.75, 3.05) is 24.6 Å². The number of ether oxygens (including phenoxy) is 1. The first-order valence-electron chi connectivity index (χ1n) is 8.27. The first kappa shape index (κ1) is 18.5. The molecule has 2 aliphatic rings. The van der Waals surface area contributed by atoms with Crippen molar-refractivity contribution in [3.05, 3.63) is 45.6 Å². The van der Waals surface area contributed by atoms with Gasteiger partial charge in [-0.05, 0) is 0 Å². The van der Waals surface area contributed by atoms with Gasteiger partial charge < -0.3 is 0 Å². The zero-order valence-electron chi connectivity index (χ0n) is 14.4. The normalized spacial score (nSPS) is 20.5. The summed E-state index contributed by atoms with van der Waals surface area (Å²) < 4.78 is 9.02. The van der Waals surface area contributed by atoms with Gasteiger partial charge in [-0.2, -0.15) is 0 Å². The van der Waals surface area contributed by atoms with Crippen molar-refractivity contribution in [3.8, 4) is 0 Å². The Labute approximate surface area is 164 Å². The van der Waals surface area contributed by atoms with E-state index in [1.54, 1.807) is 4.90 Å². The fraction of sp³-hybridized carbons (Fsp3) is 0.333. The molecule has 0 spiro atoms. The van der Waals surface area contributed by atoms with Crippen LogP contribution < -0.4 is 9.36 Å². The number of rotatable bonds is 5. The van der Waals surface area contributed by atoms with E-state index in [-0.39, 0.29) is 20.9 Å². The van der Waals surface area contributed by atoms with Gasteiger partial charge in [-0.15, -0.1) is 0 Å². The Morgan fingerprint density at radius 3 is 2.60 bits per heavy atom. The number of amides is 1. The van der Waals surface area contributed by atoms with Gasteiger partial charge in [0.15, 0.2) is 0 Å². The Morgan fingerprint density at radius 1 is 1.24 bits per heavy atom. The van der Waals surface area contributed by atoms with Crippen molar-refractivity contribution in [1.82, 2.24) is 4.90 Å². The second-order valence-electron chi connectivity index (χ2n) is 5.34. The maximum absolute atomic E-state index is 12.6. The Kier molecular flexibility index (Phi) is 5.89. The molecule has 1 amide bonds. The molecule has 7 heteroatoms. The van der Waals surface area contributed by atoms with E-state index in [9.17, 15) is 4.79 Å². The van der Waals surface area contributed by atoms with Crippen LogP contribution in [0.25, 0.3) is 0 Å². The second-order valence-corrected chi connectivity index (χ2v) is 9.21. The van der Waals surface area contributed by atoms with Crippen LogP contribution in [-0.4, -0.2) is 49.8 Å². The molecule has 0 aromatic heterocycles. The second kappa shape index (κ2) is 7.96. The third-order valence-electron chi connectivity index (χ3n) is 3.90. The summed E-state index contributed by atoms with van der Waals surface area (Å²) in [4.78, 5) is 17.2. The quantitative estimate of drug-likeness (QED) is 0.305. The Hall–Kier alpha value is -1.27. The van der Waals surface area contributed by atoms with Crippen LogP contribution in [0, 0.1) is 0 Å². The van der Waals surface area contributed by atoms with E-state index in [0.29, 0.717) is 28.1 Å². The fourth-order valence-electron chi connectivity index (χ4n) is 2.75. The van der Waals surface area contributed by atoms with E-state index in [1.165, 1.54) is 26.5 Å². The van der Waals surface area contributed by atoms with E-state index in [1.807, 2.05) is 19.9 Å². The maximum atomic E-state index is 12.6. The molecular weight excluding hydrogens is 419 g/mol. The molecule has 4 nitrogen and oxygen atoms in total. The van der Waals surface area contributed by atoms with Crippen molar-refractivity contribution in [2.45, 2.75) is 20.8 Å². The molecular formula is C18H20N2O2S2Se. The summed E-state index contributed by atoms with van der Waals surface area (Å²) in [5.74, 6) is 0.586. The number of hydrogen-bond acceptors (Lipinski definition) is 5. The van der Waals surface area contributed by atoms with Crippen LogP contribution in [0.5, 0.6) is 0 Å². The number of allylic oxidation sites excluding steroid dienone is 1. The molecule has 0 aliphatic carbocycles. The van der Waals surface area contributed by atoms with Crippen molar-refractivity contribution >= 4 is 59.3 Å². The van der Waals surface area contributed by atoms with Crippen LogP contribution in [0.3, 0.4) is 0 Å². The molecule has 1 fully saturated rings. The SMILES string of the molecule is CCOC(C=C1[Se]c2ccccc2N1CC)=C1SC(=S)N(CC)C1=O. The monoisotopic (exact) mass is 440 g/mol. The number of benzene rings is 1. The van der Waals surface area contributed by atoms with Crippen LogP contribution in [0.1, 0.15) is 20.8 Å². The topological polar surface area (TPSA) is 32.8 Å². The molecule has 0 radical (unpaired) electrons. The van der Waals surface area contributed by atoms with Gasteiger partial charge in [-0.3, -0.25) is 0 Å². The number of carbonyl (C=O) groups excluding carboxylic acids is 1. The standard InChI is InChI=1S/C18H20N2O2S2Se/c1-4-19-12-9-7-8-10-14(12)25-15(19)11-13(22-6-3)16-17(21)20(5-2)18(23)24-16/h7-11H,4-6H2,1-3H3. The van der Waals surface area contributed by atoms with Crippen LogP contribution in [0.2, 0.25) is 0 Å². The molecule has 2 aliphatic heterocycles. The molecule has 0 N–H and O–H groups in total. The molecule has 0 unspecified atom stereocenters. The van der Waals surface area contributed by atoms with Crippen molar-refractivity contribution < 1.29 is 9.53 Å². The van der Waals surface area contributed by atoms with Gasteiger partial charge in [0.25, 0.3) is 0 Å². The van der Waals surface area contributed by atoms with E-state index in [2.05, 4.69) is 36.1 Å². The minimum atomic E-state index is -0.0520. The molecule has 3 rings (SSSR count). The van der Waals surface area contributed by atoms with Gasteiger partial charge in [0.05, 0.1) is 0 Å². The van der Waals surface area contributed by atoms with E-state index >= 15 is 0 Å². The van der Waals surface area contributed by atoms with Gasteiger partial charge in [-0.1, -0.05) is 0 Å². The van der Waals surface area contributed by atoms with Crippen molar-refractivity contribution in [1.29, 1.82) is 0 Å². The average Bonchev–Trinajstić information content (AvgIpc) is 3.10. The molecule has 2 heterocycles. The number of hydrogen-bond donors (Lipinski definition) is 0. The van der Waals surface area contributed by atoms with Crippen LogP contribution in [0.15, 0.2) is 45.6 Å².